The van der Waals surface area contributed by atoms with Crippen molar-refractivity contribution in [3.63, 3.8) is 0 Å². The molecule has 3 nitrogen and oxygen atoms in total. The summed E-state index contributed by atoms with van der Waals surface area (Å²) in [5, 5.41) is 3.15. The number of nitrogens with one attached hydrogen (secondary N) is 1. The van der Waals surface area contributed by atoms with E-state index in [4.69, 9.17) is 4.74 Å². The van der Waals surface area contributed by atoms with Gasteiger partial charge >= 0.3 is 0 Å². The highest BCUT2D eigenvalue weighted by atomic mass is 16.5. The van der Waals surface area contributed by atoms with E-state index in [9.17, 15) is 4.79 Å². The maximum absolute atomic E-state index is 12.1. The normalized spacial score (nSPS) is 22.8. The van der Waals surface area contributed by atoms with Crippen molar-refractivity contribution in [1.29, 1.82) is 0 Å². The number of amides is 1. The topological polar surface area (TPSA) is 38.3 Å². The molecule has 1 aliphatic carbocycles. The Morgan fingerprint density at radius 1 is 1.37 bits per heavy atom. The molecule has 2 atom stereocenters. The van der Waals surface area contributed by atoms with E-state index in [0.717, 1.165) is 30.1 Å². The Balaban J connectivity index is 1.90. The van der Waals surface area contributed by atoms with Gasteiger partial charge < -0.3 is 10.1 Å². The molecule has 0 bridgehead atoms. The highest BCUT2D eigenvalue weighted by molar-refractivity contribution is 5.79. The summed E-state index contributed by atoms with van der Waals surface area (Å²) in [5.41, 5.74) is 0.950. The van der Waals surface area contributed by atoms with Crippen LogP contribution in [0.15, 0.2) is 24.3 Å². The Labute approximate surface area is 115 Å². The quantitative estimate of drug-likeness (QED) is 0.905. The molecule has 1 N–H and O–H groups in total. The molecule has 1 aromatic carbocycles. The molecule has 3 heteroatoms. The third-order valence-corrected chi connectivity index (χ3v) is 3.85. The second kappa shape index (κ2) is 6.60. The SMILES string of the molecule is COc1ccccc1CC(=O)NC1CCCC(C)C1. The summed E-state index contributed by atoms with van der Waals surface area (Å²) in [6, 6.07) is 8.05. The summed E-state index contributed by atoms with van der Waals surface area (Å²) in [6.07, 6.45) is 5.13. The van der Waals surface area contributed by atoms with Crippen LogP contribution in [-0.2, 0) is 11.2 Å². The standard InChI is InChI=1S/C16H23NO2/c1-12-6-5-8-14(10-12)17-16(18)11-13-7-3-4-9-15(13)19-2/h3-4,7,9,12,14H,5-6,8,10-11H2,1-2H3,(H,17,18). The first-order chi connectivity index (χ1) is 9.19. The Bertz CT molecular complexity index is 431. The molecule has 1 fully saturated rings. The van der Waals surface area contributed by atoms with Gasteiger partial charge in [-0.05, 0) is 24.8 Å². The van der Waals surface area contributed by atoms with Crippen LogP contribution >= 0.6 is 0 Å². The number of methoxy groups -OCH3 is 1. The van der Waals surface area contributed by atoms with Crippen molar-refractivity contribution in [2.75, 3.05) is 7.11 Å². The molecule has 0 radical (unpaired) electrons. The maximum atomic E-state index is 12.1. The minimum absolute atomic E-state index is 0.101. The number of ether oxygens (including phenoxy) is 1. The van der Waals surface area contributed by atoms with Gasteiger partial charge in [-0.1, -0.05) is 38.0 Å². The molecule has 0 heterocycles. The van der Waals surface area contributed by atoms with Crippen LogP contribution in [0, 0.1) is 5.92 Å². The molecule has 1 aliphatic rings. The van der Waals surface area contributed by atoms with Gasteiger partial charge in [-0.15, -0.1) is 0 Å². The zero-order valence-corrected chi connectivity index (χ0v) is 11.8. The predicted molar refractivity (Wildman–Crippen MR) is 76.3 cm³/mol. The summed E-state index contributed by atoms with van der Waals surface area (Å²) < 4.78 is 5.27. The van der Waals surface area contributed by atoms with Crippen LogP contribution < -0.4 is 10.1 Å². The second-order valence-corrected chi connectivity index (χ2v) is 5.52. The Kier molecular flexibility index (Phi) is 4.83. The fourth-order valence-corrected chi connectivity index (χ4v) is 2.87. The highest BCUT2D eigenvalue weighted by Gasteiger charge is 2.20. The van der Waals surface area contributed by atoms with E-state index in [2.05, 4.69) is 12.2 Å². The first kappa shape index (κ1) is 13.9. The first-order valence-corrected chi connectivity index (χ1v) is 7.10. The summed E-state index contributed by atoms with van der Waals surface area (Å²) in [7, 11) is 1.64. The zero-order valence-electron chi connectivity index (χ0n) is 11.8. The van der Waals surface area contributed by atoms with Crippen LogP contribution in [0.2, 0.25) is 0 Å². The summed E-state index contributed by atoms with van der Waals surface area (Å²) in [5.74, 6) is 1.61. The summed E-state index contributed by atoms with van der Waals surface area (Å²) in [4.78, 5) is 12.1. The first-order valence-electron chi connectivity index (χ1n) is 7.10. The molecule has 1 amide bonds. The molecule has 2 rings (SSSR count). The lowest BCUT2D eigenvalue weighted by Gasteiger charge is -2.27. The molecule has 2 unspecified atom stereocenters. The van der Waals surface area contributed by atoms with Crippen LogP contribution in [0.4, 0.5) is 0 Å². The Morgan fingerprint density at radius 2 is 2.16 bits per heavy atom. The van der Waals surface area contributed by atoms with Crippen LogP contribution in [0.1, 0.15) is 38.2 Å². The Morgan fingerprint density at radius 3 is 2.89 bits per heavy atom. The van der Waals surface area contributed by atoms with E-state index in [1.54, 1.807) is 7.11 Å². The highest BCUT2D eigenvalue weighted by Crippen LogP contribution is 2.24. The van der Waals surface area contributed by atoms with Crippen molar-refractivity contribution >= 4 is 5.91 Å². The van der Waals surface area contributed by atoms with E-state index >= 15 is 0 Å². The van der Waals surface area contributed by atoms with Gasteiger partial charge in [0.1, 0.15) is 5.75 Å². The lowest BCUT2D eigenvalue weighted by molar-refractivity contribution is -0.121. The number of carbonyl (C=O) groups excluding carboxylic acids is 1. The third-order valence-electron chi connectivity index (χ3n) is 3.85. The monoisotopic (exact) mass is 261 g/mol. The van der Waals surface area contributed by atoms with Crippen molar-refractivity contribution in [3.8, 4) is 5.75 Å². The van der Waals surface area contributed by atoms with Crippen molar-refractivity contribution in [2.45, 2.75) is 45.1 Å². The molecule has 0 saturated heterocycles. The molecule has 0 aliphatic heterocycles. The van der Waals surface area contributed by atoms with Crippen molar-refractivity contribution < 1.29 is 9.53 Å². The third kappa shape index (κ3) is 3.98. The number of carbonyl (C=O) groups is 1. The average molecular weight is 261 g/mol. The molecule has 104 valence electrons. The van der Waals surface area contributed by atoms with Crippen molar-refractivity contribution in [2.24, 2.45) is 5.92 Å². The van der Waals surface area contributed by atoms with Gasteiger partial charge in [0.15, 0.2) is 0 Å². The predicted octanol–water partition coefficient (Wildman–Crippen LogP) is 2.93. The van der Waals surface area contributed by atoms with Crippen molar-refractivity contribution in [1.82, 2.24) is 5.32 Å². The molecule has 19 heavy (non-hydrogen) atoms. The van der Waals surface area contributed by atoms with Gasteiger partial charge in [0, 0.05) is 11.6 Å². The average Bonchev–Trinajstić information content (AvgIpc) is 2.39. The number of benzene rings is 1. The van der Waals surface area contributed by atoms with Crippen LogP contribution in [0.5, 0.6) is 5.75 Å². The van der Waals surface area contributed by atoms with E-state index in [0.29, 0.717) is 12.5 Å². The van der Waals surface area contributed by atoms with E-state index in [1.807, 2.05) is 24.3 Å². The maximum Gasteiger partial charge on any atom is 0.224 e. The molecular weight excluding hydrogens is 238 g/mol. The van der Waals surface area contributed by atoms with Gasteiger partial charge in [0.05, 0.1) is 13.5 Å². The number of hydrogen-bond acceptors (Lipinski definition) is 2. The number of hydrogen-bond donors (Lipinski definition) is 1. The summed E-state index contributed by atoms with van der Waals surface area (Å²) >= 11 is 0. The fourth-order valence-electron chi connectivity index (χ4n) is 2.87. The number of rotatable bonds is 4. The minimum atomic E-state index is 0.101. The van der Waals surface area contributed by atoms with Crippen molar-refractivity contribution in [3.05, 3.63) is 29.8 Å². The van der Waals surface area contributed by atoms with E-state index in [1.165, 1.54) is 12.8 Å². The Hall–Kier alpha value is -1.51. The van der Waals surface area contributed by atoms with Gasteiger partial charge in [-0.2, -0.15) is 0 Å². The van der Waals surface area contributed by atoms with Gasteiger partial charge in [-0.25, -0.2) is 0 Å². The largest absolute Gasteiger partial charge is 0.496 e. The van der Waals surface area contributed by atoms with E-state index in [-0.39, 0.29) is 5.91 Å². The van der Waals surface area contributed by atoms with Crippen LogP contribution in [0.25, 0.3) is 0 Å². The van der Waals surface area contributed by atoms with Gasteiger partial charge in [0.2, 0.25) is 5.91 Å². The molecule has 1 saturated carbocycles. The smallest absolute Gasteiger partial charge is 0.224 e. The lowest BCUT2D eigenvalue weighted by Crippen LogP contribution is -2.38. The van der Waals surface area contributed by atoms with Crippen LogP contribution in [0.3, 0.4) is 0 Å². The lowest BCUT2D eigenvalue weighted by atomic mass is 9.87. The minimum Gasteiger partial charge on any atom is -0.496 e. The second-order valence-electron chi connectivity index (χ2n) is 5.52. The van der Waals surface area contributed by atoms with Gasteiger partial charge in [-0.3, -0.25) is 4.79 Å². The van der Waals surface area contributed by atoms with E-state index < -0.39 is 0 Å². The summed E-state index contributed by atoms with van der Waals surface area (Å²) in [6.45, 7) is 2.26. The zero-order chi connectivity index (χ0) is 13.7. The fraction of sp³-hybridized carbons (Fsp3) is 0.562. The van der Waals surface area contributed by atoms with Crippen LogP contribution in [-0.4, -0.2) is 19.1 Å². The molecule has 0 spiro atoms. The molecule has 0 aromatic heterocycles. The molecular formula is C16H23NO2. The van der Waals surface area contributed by atoms with Gasteiger partial charge in [0.25, 0.3) is 0 Å². The number of para-hydroxylation sites is 1. The molecule has 1 aromatic rings.